The molecule has 0 spiro atoms. The predicted octanol–water partition coefficient (Wildman–Crippen LogP) is 1.08. The molecule has 1 aromatic heterocycles. The van der Waals surface area contributed by atoms with Gasteiger partial charge in [-0.15, -0.1) is 10.2 Å². The van der Waals surface area contributed by atoms with E-state index in [1.807, 2.05) is 13.8 Å². The summed E-state index contributed by atoms with van der Waals surface area (Å²) in [5, 5.41) is 16.0. The van der Waals surface area contributed by atoms with E-state index in [9.17, 15) is 0 Å². The Morgan fingerprint density at radius 2 is 2.27 bits per heavy atom. The summed E-state index contributed by atoms with van der Waals surface area (Å²) in [6.45, 7) is 3.88. The number of rotatable bonds is 3. The van der Waals surface area contributed by atoms with Crippen molar-refractivity contribution in [3.05, 3.63) is 11.8 Å². The molecule has 0 bridgehead atoms. The summed E-state index contributed by atoms with van der Waals surface area (Å²) < 4.78 is 5.11. The van der Waals surface area contributed by atoms with Crippen LogP contribution in [0.3, 0.4) is 0 Å². The summed E-state index contributed by atoms with van der Waals surface area (Å²) in [6.07, 6.45) is 0.965. The second-order valence-corrected chi connectivity index (χ2v) is 2.50. The molecule has 0 amide bonds. The number of aliphatic hydroxyl groups excluding tert-OH is 1. The standard InChI is InChI=1S/C7H12N2O2/c1-3-5(2)7-9-8-6(4-10)11-7/h5,10H,3-4H2,1-2H3. The fourth-order valence-electron chi connectivity index (χ4n) is 0.704. The zero-order chi connectivity index (χ0) is 8.27. The van der Waals surface area contributed by atoms with Gasteiger partial charge in [-0.3, -0.25) is 0 Å². The van der Waals surface area contributed by atoms with Crippen LogP contribution in [0.2, 0.25) is 0 Å². The van der Waals surface area contributed by atoms with Crippen molar-refractivity contribution in [3.8, 4) is 0 Å². The molecule has 1 unspecified atom stereocenters. The van der Waals surface area contributed by atoms with Crippen molar-refractivity contribution in [2.75, 3.05) is 0 Å². The van der Waals surface area contributed by atoms with Gasteiger partial charge in [0.25, 0.3) is 0 Å². The molecule has 4 nitrogen and oxygen atoms in total. The molecular weight excluding hydrogens is 144 g/mol. The minimum absolute atomic E-state index is 0.177. The molecule has 1 rings (SSSR count). The van der Waals surface area contributed by atoms with Gasteiger partial charge in [0.15, 0.2) is 0 Å². The van der Waals surface area contributed by atoms with Gasteiger partial charge in [-0.2, -0.15) is 0 Å². The van der Waals surface area contributed by atoms with Gasteiger partial charge < -0.3 is 9.52 Å². The maximum atomic E-state index is 8.61. The third-order valence-corrected chi connectivity index (χ3v) is 1.65. The third-order valence-electron chi connectivity index (χ3n) is 1.65. The second kappa shape index (κ2) is 3.48. The molecule has 0 aliphatic heterocycles. The number of aromatic nitrogens is 2. The van der Waals surface area contributed by atoms with Crippen molar-refractivity contribution in [2.24, 2.45) is 0 Å². The molecule has 1 aromatic rings. The number of hydrogen-bond donors (Lipinski definition) is 1. The highest BCUT2D eigenvalue weighted by Crippen LogP contribution is 2.16. The van der Waals surface area contributed by atoms with Crippen LogP contribution in [0, 0.1) is 0 Å². The van der Waals surface area contributed by atoms with Gasteiger partial charge in [-0.25, -0.2) is 0 Å². The molecule has 0 aliphatic rings. The molecule has 0 radical (unpaired) electrons. The molecule has 1 N–H and O–H groups in total. The van der Waals surface area contributed by atoms with E-state index in [-0.39, 0.29) is 12.5 Å². The van der Waals surface area contributed by atoms with Crippen LogP contribution < -0.4 is 0 Å². The zero-order valence-electron chi connectivity index (χ0n) is 6.74. The van der Waals surface area contributed by atoms with Crippen LogP contribution in [-0.2, 0) is 6.61 Å². The van der Waals surface area contributed by atoms with Crippen molar-refractivity contribution >= 4 is 0 Å². The largest absolute Gasteiger partial charge is 0.422 e. The lowest BCUT2D eigenvalue weighted by Crippen LogP contribution is -1.90. The van der Waals surface area contributed by atoms with Crippen molar-refractivity contribution < 1.29 is 9.52 Å². The van der Waals surface area contributed by atoms with Crippen LogP contribution in [0.1, 0.15) is 38.0 Å². The molecule has 0 fully saturated rings. The Hall–Kier alpha value is -0.900. The van der Waals surface area contributed by atoms with Crippen LogP contribution in [0.4, 0.5) is 0 Å². The average molecular weight is 156 g/mol. The van der Waals surface area contributed by atoms with Gasteiger partial charge in [0.2, 0.25) is 11.8 Å². The average Bonchev–Trinajstić information content (AvgIpc) is 2.50. The first-order valence-electron chi connectivity index (χ1n) is 3.71. The lowest BCUT2D eigenvalue weighted by atomic mass is 10.1. The van der Waals surface area contributed by atoms with Crippen LogP contribution >= 0.6 is 0 Å². The van der Waals surface area contributed by atoms with Crippen LogP contribution in [0.25, 0.3) is 0 Å². The summed E-state index contributed by atoms with van der Waals surface area (Å²) in [7, 11) is 0. The first kappa shape index (κ1) is 8.20. The molecule has 0 aromatic carbocycles. The van der Waals surface area contributed by atoms with Gasteiger partial charge in [0.1, 0.15) is 6.61 Å². The topological polar surface area (TPSA) is 59.2 Å². The lowest BCUT2D eigenvalue weighted by molar-refractivity contribution is 0.234. The summed E-state index contributed by atoms with van der Waals surface area (Å²) in [4.78, 5) is 0. The number of aliphatic hydroxyl groups is 1. The maximum Gasteiger partial charge on any atom is 0.241 e. The summed E-state index contributed by atoms with van der Waals surface area (Å²) in [6, 6.07) is 0. The van der Waals surface area contributed by atoms with Gasteiger partial charge in [-0.1, -0.05) is 13.8 Å². The molecular formula is C7H12N2O2. The Morgan fingerprint density at radius 3 is 2.73 bits per heavy atom. The smallest absolute Gasteiger partial charge is 0.241 e. The summed E-state index contributed by atoms with van der Waals surface area (Å²) in [5.41, 5.74) is 0. The third kappa shape index (κ3) is 1.77. The van der Waals surface area contributed by atoms with E-state index in [1.54, 1.807) is 0 Å². The Kier molecular flexibility index (Phi) is 2.59. The Labute approximate surface area is 65.3 Å². The van der Waals surface area contributed by atoms with Crippen molar-refractivity contribution in [1.82, 2.24) is 10.2 Å². The lowest BCUT2D eigenvalue weighted by Gasteiger charge is -1.98. The first-order chi connectivity index (χ1) is 5.27. The highest BCUT2D eigenvalue weighted by atomic mass is 16.4. The van der Waals surface area contributed by atoms with Gasteiger partial charge in [-0.05, 0) is 6.42 Å². The van der Waals surface area contributed by atoms with Gasteiger partial charge >= 0.3 is 0 Å². The van der Waals surface area contributed by atoms with Crippen LogP contribution in [-0.4, -0.2) is 15.3 Å². The molecule has 1 atom stereocenters. The fourth-order valence-corrected chi connectivity index (χ4v) is 0.704. The summed E-state index contributed by atoms with van der Waals surface area (Å²) >= 11 is 0. The molecule has 1 heterocycles. The van der Waals surface area contributed by atoms with Gasteiger partial charge in [0.05, 0.1) is 0 Å². The predicted molar refractivity (Wildman–Crippen MR) is 38.9 cm³/mol. The molecule has 0 saturated carbocycles. The van der Waals surface area contributed by atoms with E-state index >= 15 is 0 Å². The normalized spacial score (nSPS) is 13.4. The van der Waals surface area contributed by atoms with Crippen LogP contribution in [0.15, 0.2) is 4.42 Å². The second-order valence-electron chi connectivity index (χ2n) is 2.50. The van der Waals surface area contributed by atoms with E-state index in [0.29, 0.717) is 11.8 Å². The molecule has 62 valence electrons. The highest BCUT2D eigenvalue weighted by Gasteiger charge is 2.10. The van der Waals surface area contributed by atoms with E-state index < -0.39 is 0 Å². The Morgan fingerprint density at radius 1 is 1.55 bits per heavy atom. The van der Waals surface area contributed by atoms with E-state index in [0.717, 1.165) is 6.42 Å². The monoisotopic (exact) mass is 156 g/mol. The van der Waals surface area contributed by atoms with E-state index in [4.69, 9.17) is 9.52 Å². The Bertz CT molecular complexity index is 222. The van der Waals surface area contributed by atoms with Gasteiger partial charge in [0, 0.05) is 5.92 Å². The minimum atomic E-state index is -0.177. The zero-order valence-corrected chi connectivity index (χ0v) is 6.74. The SMILES string of the molecule is CCC(C)c1nnc(CO)o1. The van der Waals surface area contributed by atoms with Crippen molar-refractivity contribution in [1.29, 1.82) is 0 Å². The van der Waals surface area contributed by atoms with E-state index in [1.165, 1.54) is 0 Å². The van der Waals surface area contributed by atoms with Crippen molar-refractivity contribution in [3.63, 3.8) is 0 Å². The first-order valence-corrected chi connectivity index (χ1v) is 3.71. The fraction of sp³-hybridized carbons (Fsp3) is 0.714. The number of hydrogen-bond acceptors (Lipinski definition) is 4. The van der Waals surface area contributed by atoms with E-state index in [2.05, 4.69) is 10.2 Å². The molecule has 0 saturated heterocycles. The van der Waals surface area contributed by atoms with Crippen molar-refractivity contribution in [2.45, 2.75) is 32.8 Å². The quantitative estimate of drug-likeness (QED) is 0.711. The Balaban J connectivity index is 2.71. The molecule has 4 heteroatoms. The molecule has 0 aliphatic carbocycles. The minimum Gasteiger partial charge on any atom is -0.422 e. The summed E-state index contributed by atoms with van der Waals surface area (Å²) in [5.74, 6) is 1.18. The highest BCUT2D eigenvalue weighted by molar-refractivity contribution is 4.87. The van der Waals surface area contributed by atoms with Crippen LogP contribution in [0.5, 0.6) is 0 Å². The molecule has 11 heavy (non-hydrogen) atoms. The maximum absolute atomic E-state index is 8.61. The number of nitrogens with zero attached hydrogens (tertiary/aromatic N) is 2.